The lowest BCUT2D eigenvalue weighted by Crippen LogP contribution is -2.28. The molecule has 1 amide bonds. The van der Waals surface area contributed by atoms with Gasteiger partial charge >= 0.3 is 6.09 Å². The third kappa shape index (κ3) is 9.77. The maximum atomic E-state index is 10.4. The van der Waals surface area contributed by atoms with Crippen molar-refractivity contribution >= 4 is 6.09 Å². The van der Waals surface area contributed by atoms with Gasteiger partial charge in [-0.3, -0.25) is 0 Å². The minimum atomic E-state index is -0.673. The van der Waals surface area contributed by atoms with E-state index in [2.05, 4.69) is 18.7 Å². The zero-order valence-corrected chi connectivity index (χ0v) is 10.7. The maximum absolute atomic E-state index is 10.4. The number of ether oxygens (including phenoxy) is 1. The van der Waals surface area contributed by atoms with Crippen LogP contribution in [-0.4, -0.2) is 37.2 Å². The summed E-state index contributed by atoms with van der Waals surface area (Å²) in [5, 5.41) is 0. The van der Waals surface area contributed by atoms with E-state index in [1.54, 1.807) is 0 Å². The number of nitrogens with zero attached hydrogens (tertiary/aromatic N) is 1. The highest BCUT2D eigenvalue weighted by molar-refractivity contribution is 5.64. The van der Waals surface area contributed by atoms with Gasteiger partial charge in [0, 0.05) is 6.54 Å². The molecule has 0 saturated heterocycles. The third-order valence-corrected chi connectivity index (χ3v) is 2.52. The molecule has 4 nitrogen and oxygen atoms in total. The average Bonchev–Trinajstić information content (AvgIpc) is 2.26. The summed E-state index contributed by atoms with van der Waals surface area (Å²) < 4.78 is 4.71. The van der Waals surface area contributed by atoms with Crippen molar-refractivity contribution in [1.29, 1.82) is 0 Å². The summed E-state index contributed by atoms with van der Waals surface area (Å²) in [6.07, 6.45) is 5.12. The summed E-state index contributed by atoms with van der Waals surface area (Å²) in [6.45, 7) is 8.12. The first-order valence-electron chi connectivity index (χ1n) is 6.35. The highest BCUT2D eigenvalue weighted by Crippen LogP contribution is 2.00. The van der Waals surface area contributed by atoms with Gasteiger partial charge < -0.3 is 15.4 Å². The van der Waals surface area contributed by atoms with Crippen molar-refractivity contribution in [1.82, 2.24) is 4.90 Å². The van der Waals surface area contributed by atoms with Crippen molar-refractivity contribution in [2.45, 2.75) is 46.0 Å². The van der Waals surface area contributed by atoms with Crippen molar-refractivity contribution in [2.75, 3.05) is 26.2 Å². The molecule has 0 saturated carbocycles. The number of hydrogen-bond donors (Lipinski definition) is 1. The van der Waals surface area contributed by atoms with Crippen LogP contribution in [0, 0.1) is 0 Å². The van der Waals surface area contributed by atoms with Crippen LogP contribution in [0.25, 0.3) is 0 Å². The normalized spacial score (nSPS) is 10.7. The standard InChI is InChI=1S/C12H26N2O2/c1-3-5-8-14(9-6-4-2)10-7-11-16-12(13)15/h3-11H2,1-2H3,(H2,13,15). The second-order valence-electron chi connectivity index (χ2n) is 4.07. The van der Waals surface area contributed by atoms with Crippen molar-refractivity contribution in [3.63, 3.8) is 0 Å². The number of rotatable bonds is 10. The number of amides is 1. The highest BCUT2D eigenvalue weighted by Gasteiger charge is 2.03. The van der Waals surface area contributed by atoms with E-state index >= 15 is 0 Å². The van der Waals surface area contributed by atoms with E-state index < -0.39 is 6.09 Å². The molecule has 0 radical (unpaired) electrons. The minimum Gasteiger partial charge on any atom is -0.450 e. The molecule has 4 heteroatoms. The topological polar surface area (TPSA) is 55.6 Å². The second kappa shape index (κ2) is 10.7. The van der Waals surface area contributed by atoms with E-state index in [1.165, 1.54) is 25.7 Å². The Morgan fingerprint density at radius 2 is 1.56 bits per heavy atom. The van der Waals surface area contributed by atoms with Gasteiger partial charge in [-0.15, -0.1) is 0 Å². The molecule has 0 unspecified atom stereocenters. The molecule has 0 aromatic heterocycles. The van der Waals surface area contributed by atoms with Gasteiger partial charge in [0.2, 0.25) is 0 Å². The molecule has 0 rings (SSSR count). The molecule has 0 spiro atoms. The summed E-state index contributed by atoms with van der Waals surface area (Å²) in [7, 11) is 0. The lowest BCUT2D eigenvalue weighted by Gasteiger charge is -2.21. The van der Waals surface area contributed by atoms with Gasteiger partial charge in [-0.25, -0.2) is 4.79 Å². The van der Waals surface area contributed by atoms with Crippen molar-refractivity contribution in [3.8, 4) is 0 Å². The molecule has 96 valence electrons. The number of carbonyl (C=O) groups is 1. The molecule has 0 aromatic rings. The molecule has 2 N–H and O–H groups in total. The zero-order chi connectivity index (χ0) is 12.2. The van der Waals surface area contributed by atoms with E-state index in [9.17, 15) is 4.79 Å². The Balaban J connectivity index is 3.59. The van der Waals surface area contributed by atoms with Crippen molar-refractivity contribution < 1.29 is 9.53 Å². The van der Waals surface area contributed by atoms with Crippen molar-refractivity contribution in [3.05, 3.63) is 0 Å². The van der Waals surface area contributed by atoms with Gasteiger partial charge in [0.1, 0.15) is 0 Å². The molecular formula is C12H26N2O2. The van der Waals surface area contributed by atoms with E-state index in [0.29, 0.717) is 6.61 Å². The summed E-state index contributed by atoms with van der Waals surface area (Å²) in [4.78, 5) is 12.8. The fourth-order valence-corrected chi connectivity index (χ4v) is 1.56. The Labute approximate surface area is 99.1 Å². The van der Waals surface area contributed by atoms with Crippen LogP contribution in [0.4, 0.5) is 4.79 Å². The van der Waals surface area contributed by atoms with E-state index in [4.69, 9.17) is 10.5 Å². The molecule has 0 aliphatic rings. The Bertz CT molecular complexity index is 166. The van der Waals surface area contributed by atoms with Gasteiger partial charge in [0.15, 0.2) is 0 Å². The lowest BCUT2D eigenvalue weighted by atomic mass is 10.2. The first kappa shape index (κ1) is 15.2. The van der Waals surface area contributed by atoms with Crippen LogP contribution < -0.4 is 5.73 Å². The van der Waals surface area contributed by atoms with Crippen LogP contribution >= 0.6 is 0 Å². The molecule has 0 bridgehead atoms. The Morgan fingerprint density at radius 3 is 2.00 bits per heavy atom. The van der Waals surface area contributed by atoms with Crippen LogP contribution in [0.1, 0.15) is 46.0 Å². The first-order valence-corrected chi connectivity index (χ1v) is 6.35. The van der Waals surface area contributed by atoms with Crippen molar-refractivity contribution in [2.24, 2.45) is 5.73 Å². The summed E-state index contributed by atoms with van der Waals surface area (Å²) in [5.74, 6) is 0. The fraction of sp³-hybridized carbons (Fsp3) is 0.917. The number of carbonyl (C=O) groups excluding carboxylic acids is 1. The van der Waals surface area contributed by atoms with Gasteiger partial charge in [-0.1, -0.05) is 26.7 Å². The predicted octanol–water partition coefficient (Wildman–Crippen LogP) is 2.37. The first-order chi connectivity index (χ1) is 7.70. The van der Waals surface area contributed by atoms with E-state index in [1.807, 2.05) is 0 Å². The summed E-state index contributed by atoms with van der Waals surface area (Å²) >= 11 is 0. The van der Waals surface area contributed by atoms with Crippen LogP contribution in [0.15, 0.2) is 0 Å². The quantitative estimate of drug-likeness (QED) is 0.586. The second-order valence-corrected chi connectivity index (χ2v) is 4.07. The monoisotopic (exact) mass is 230 g/mol. The highest BCUT2D eigenvalue weighted by atomic mass is 16.5. The fourth-order valence-electron chi connectivity index (χ4n) is 1.56. The Kier molecular flexibility index (Phi) is 10.2. The lowest BCUT2D eigenvalue weighted by molar-refractivity contribution is 0.147. The Hall–Kier alpha value is -0.770. The van der Waals surface area contributed by atoms with Crippen LogP contribution in [-0.2, 0) is 4.74 Å². The van der Waals surface area contributed by atoms with E-state index in [-0.39, 0.29) is 0 Å². The zero-order valence-electron chi connectivity index (χ0n) is 10.7. The number of unbranched alkanes of at least 4 members (excludes halogenated alkanes) is 2. The molecule has 0 aromatic carbocycles. The van der Waals surface area contributed by atoms with Gasteiger partial charge in [0.05, 0.1) is 6.61 Å². The summed E-state index contributed by atoms with van der Waals surface area (Å²) in [6, 6.07) is 0. The molecule has 0 aliphatic carbocycles. The number of hydrogen-bond acceptors (Lipinski definition) is 3. The minimum absolute atomic E-state index is 0.435. The molecule has 0 atom stereocenters. The van der Waals surface area contributed by atoms with Gasteiger partial charge in [-0.05, 0) is 32.4 Å². The largest absolute Gasteiger partial charge is 0.450 e. The predicted molar refractivity (Wildman–Crippen MR) is 66.4 cm³/mol. The molecular weight excluding hydrogens is 204 g/mol. The number of primary amides is 1. The molecule has 0 fully saturated rings. The number of nitrogens with two attached hydrogens (primary N) is 1. The van der Waals surface area contributed by atoms with E-state index in [0.717, 1.165) is 26.1 Å². The van der Waals surface area contributed by atoms with Crippen LogP contribution in [0.3, 0.4) is 0 Å². The average molecular weight is 230 g/mol. The SMILES string of the molecule is CCCCN(CCCC)CCCOC(N)=O. The van der Waals surface area contributed by atoms with Gasteiger partial charge in [-0.2, -0.15) is 0 Å². The smallest absolute Gasteiger partial charge is 0.404 e. The van der Waals surface area contributed by atoms with Gasteiger partial charge in [0.25, 0.3) is 0 Å². The molecule has 0 heterocycles. The van der Waals surface area contributed by atoms with Crippen LogP contribution in [0.2, 0.25) is 0 Å². The summed E-state index contributed by atoms with van der Waals surface area (Å²) in [5.41, 5.74) is 4.89. The maximum Gasteiger partial charge on any atom is 0.404 e. The Morgan fingerprint density at radius 1 is 1.06 bits per heavy atom. The molecule has 16 heavy (non-hydrogen) atoms. The third-order valence-electron chi connectivity index (χ3n) is 2.52. The molecule has 0 aliphatic heterocycles. The van der Waals surface area contributed by atoms with Crippen LogP contribution in [0.5, 0.6) is 0 Å².